The summed E-state index contributed by atoms with van der Waals surface area (Å²) in [6.07, 6.45) is 3.86. The minimum atomic E-state index is -0.325. The van der Waals surface area contributed by atoms with E-state index in [1.807, 2.05) is 28.9 Å². The summed E-state index contributed by atoms with van der Waals surface area (Å²) in [7, 11) is 0. The quantitative estimate of drug-likeness (QED) is 0.793. The summed E-state index contributed by atoms with van der Waals surface area (Å²) in [4.78, 5) is 24.3. The van der Waals surface area contributed by atoms with Crippen LogP contribution in [0.4, 0.5) is 5.69 Å². The van der Waals surface area contributed by atoms with Gasteiger partial charge in [0, 0.05) is 23.6 Å². The van der Waals surface area contributed by atoms with Crippen molar-refractivity contribution < 1.29 is 9.59 Å². The molecule has 1 aliphatic heterocycles. The van der Waals surface area contributed by atoms with Gasteiger partial charge in [-0.15, -0.1) is 11.8 Å². The lowest BCUT2D eigenvalue weighted by molar-refractivity contribution is -0.117. The average molecular weight is 330 g/mol. The second kappa shape index (κ2) is 6.87. The number of benzene rings is 1. The summed E-state index contributed by atoms with van der Waals surface area (Å²) in [6.45, 7) is 0.877. The van der Waals surface area contributed by atoms with Gasteiger partial charge < -0.3 is 11.1 Å². The molecule has 1 aliphatic rings. The fraction of sp³-hybridized carbons (Fsp3) is 0.312. The highest BCUT2D eigenvalue weighted by atomic mass is 32.2. The van der Waals surface area contributed by atoms with Crippen LogP contribution in [0.1, 0.15) is 28.9 Å². The first-order chi connectivity index (χ1) is 11.1. The summed E-state index contributed by atoms with van der Waals surface area (Å²) >= 11 is 1.50. The second-order valence-electron chi connectivity index (χ2n) is 5.35. The van der Waals surface area contributed by atoms with E-state index in [-0.39, 0.29) is 11.8 Å². The zero-order chi connectivity index (χ0) is 16.2. The van der Waals surface area contributed by atoms with Gasteiger partial charge in [0.25, 0.3) is 5.91 Å². The molecule has 0 unspecified atom stereocenters. The van der Waals surface area contributed by atoms with Crippen LogP contribution in [0.25, 0.3) is 0 Å². The number of anilines is 1. The van der Waals surface area contributed by atoms with E-state index < -0.39 is 0 Å². The van der Waals surface area contributed by atoms with Crippen LogP contribution in [0.15, 0.2) is 35.4 Å². The zero-order valence-corrected chi connectivity index (χ0v) is 13.4. The molecule has 0 radical (unpaired) electrons. The Hall–Kier alpha value is -2.28. The number of carbonyl (C=O) groups excluding carboxylic acids is 2. The molecule has 0 spiro atoms. The van der Waals surface area contributed by atoms with E-state index in [0.29, 0.717) is 17.7 Å². The highest BCUT2D eigenvalue weighted by Gasteiger charge is 2.21. The molecular formula is C16H18N4O2S. The molecule has 3 rings (SSSR count). The zero-order valence-electron chi connectivity index (χ0n) is 12.6. The third-order valence-corrected chi connectivity index (χ3v) is 4.79. The van der Waals surface area contributed by atoms with Crippen LogP contribution in [0, 0.1) is 0 Å². The van der Waals surface area contributed by atoms with Crippen LogP contribution in [0.5, 0.6) is 0 Å². The lowest BCUT2D eigenvalue weighted by Crippen LogP contribution is -2.14. The molecule has 6 nitrogen and oxygen atoms in total. The smallest absolute Gasteiger partial charge is 0.259 e. The molecule has 7 heteroatoms. The third-order valence-electron chi connectivity index (χ3n) is 3.72. The molecule has 0 bridgehead atoms. The first kappa shape index (κ1) is 15.6. The van der Waals surface area contributed by atoms with Crippen molar-refractivity contribution in [1.82, 2.24) is 9.78 Å². The molecule has 1 aromatic heterocycles. The molecule has 2 heterocycles. The number of nitrogens with two attached hydrogens (primary N) is 1. The molecule has 0 aliphatic carbocycles. The van der Waals surface area contributed by atoms with Gasteiger partial charge in [0.15, 0.2) is 0 Å². The summed E-state index contributed by atoms with van der Waals surface area (Å²) < 4.78 is 1.89. The molecule has 2 amide bonds. The normalized spacial score (nSPS) is 12.9. The molecule has 0 saturated carbocycles. The van der Waals surface area contributed by atoms with Crippen LogP contribution in [0.2, 0.25) is 0 Å². The van der Waals surface area contributed by atoms with E-state index in [1.165, 1.54) is 11.8 Å². The van der Waals surface area contributed by atoms with E-state index in [2.05, 4.69) is 10.4 Å². The SMILES string of the molecule is NC(=O)CCSc1ccccc1NC(=O)c1cnn2c1CCC2. The van der Waals surface area contributed by atoms with Crippen molar-refractivity contribution in [1.29, 1.82) is 0 Å². The number of para-hydroxylation sites is 1. The molecule has 0 saturated heterocycles. The molecule has 0 fully saturated rings. The van der Waals surface area contributed by atoms with Crippen molar-refractivity contribution >= 4 is 29.3 Å². The lowest BCUT2D eigenvalue weighted by Gasteiger charge is -2.10. The van der Waals surface area contributed by atoms with Crippen molar-refractivity contribution in [3.05, 3.63) is 41.7 Å². The Morgan fingerprint density at radius 2 is 2.17 bits per heavy atom. The van der Waals surface area contributed by atoms with Crippen LogP contribution >= 0.6 is 11.8 Å². The Morgan fingerprint density at radius 1 is 1.35 bits per heavy atom. The van der Waals surface area contributed by atoms with Crippen molar-refractivity contribution in [2.24, 2.45) is 5.73 Å². The van der Waals surface area contributed by atoms with Crippen molar-refractivity contribution in [3.63, 3.8) is 0 Å². The number of primary amides is 1. The minimum absolute atomic E-state index is 0.142. The summed E-state index contributed by atoms with van der Waals surface area (Å²) in [5.74, 6) is 0.122. The number of amides is 2. The van der Waals surface area contributed by atoms with Gasteiger partial charge in [-0.25, -0.2) is 0 Å². The summed E-state index contributed by atoms with van der Waals surface area (Å²) in [6, 6.07) is 7.55. The Balaban J connectivity index is 1.72. The van der Waals surface area contributed by atoms with Crippen molar-refractivity contribution in [3.8, 4) is 0 Å². The molecule has 2 aromatic rings. The predicted octanol–water partition coefficient (Wildman–Crippen LogP) is 2.05. The molecule has 23 heavy (non-hydrogen) atoms. The van der Waals surface area contributed by atoms with Gasteiger partial charge in [0.2, 0.25) is 5.91 Å². The van der Waals surface area contributed by atoms with Gasteiger partial charge in [-0.3, -0.25) is 14.3 Å². The molecule has 3 N–H and O–H groups in total. The Bertz CT molecular complexity index is 741. The standard InChI is InChI=1S/C16H18N4O2S/c17-15(21)7-9-23-14-6-2-1-4-12(14)19-16(22)11-10-18-20-8-3-5-13(11)20/h1-2,4,6,10H,3,5,7-9H2,(H2,17,21)(H,19,22). The Morgan fingerprint density at radius 3 is 3.00 bits per heavy atom. The number of nitrogens with zero attached hydrogens (tertiary/aromatic N) is 2. The number of nitrogens with one attached hydrogen (secondary N) is 1. The number of thioether (sulfide) groups is 1. The number of hydrogen-bond acceptors (Lipinski definition) is 4. The van der Waals surface area contributed by atoms with Gasteiger partial charge >= 0.3 is 0 Å². The highest BCUT2D eigenvalue weighted by Crippen LogP contribution is 2.28. The second-order valence-corrected chi connectivity index (χ2v) is 6.48. The maximum Gasteiger partial charge on any atom is 0.259 e. The van der Waals surface area contributed by atoms with E-state index in [4.69, 9.17) is 5.73 Å². The molecule has 1 aromatic carbocycles. The maximum atomic E-state index is 12.5. The van der Waals surface area contributed by atoms with E-state index in [1.54, 1.807) is 6.20 Å². The minimum Gasteiger partial charge on any atom is -0.370 e. The number of rotatable bonds is 6. The van der Waals surface area contributed by atoms with Crippen molar-refractivity contribution in [2.75, 3.05) is 11.1 Å². The third kappa shape index (κ3) is 3.56. The van der Waals surface area contributed by atoms with Crippen LogP contribution in [0.3, 0.4) is 0 Å². The van der Waals surface area contributed by atoms with E-state index >= 15 is 0 Å². The van der Waals surface area contributed by atoms with Gasteiger partial charge in [-0.05, 0) is 25.0 Å². The molecular weight excluding hydrogens is 312 g/mol. The van der Waals surface area contributed by atoms with Gasteiger partial charge in [-0.2, -0.15) is 5.10 Å². The number of aromatic nitrogens is 2. The summed E-state index contributed by atoms with van der Waals surface area (Å²) in [5, 5.41) is 7.20. The predicted molar refractivity (Wildman–Crippen MR) is 89.5 cm³/mol. The average Bonchev–Trinajstić information content (AvgIpc) is 3.11. The molecule has 120 valence electrons. The Labute approximate surface area is 138 Å². The largest absolute Gasteiger partial charge is 0.370 e. The fourth-order valence-corrected chi connectivity index (χ4v) is 3.57. The summed E-state index contributed by atoms with van der Waals surface area (Å²) in [5.41, 5.74) is 7.54. The number of carbonyl (C=O) groups is 2. The number of fused-ring (bicyclic) bond motifs is 1. The van der Waals surface area contributed by atoms with E-state index in [0.717, 1.165) is 35.7 Å². The van der Waals surface area contributed by atoms with Crippen molar-refractivity contribution in [2.45, 2.75) is 30.7 Å². The Kier molecular flexibility index (Phi) is 4.66. The fourth-order valence-electron chi connectivity index (χ4n) is 2.60. The van der Waals surface area contributed by atoms with Crippen LogP contribution < -0.4 is 11.1 Å². The van der Waals surface area contributed by atoms with Gasteiger partial charge in [-0.1, -0.05) is 12.1 Å². The van der Waals surface area contributed by atoms with Gasteiger partial charge in [0.05, 0.1) is 23.1 Å². The number of hydrogen-bond donors (Lipinski definition) is 2. The maximum absolute atomic E-state index is 12.5. The highest BCUT2D eigenvalue weighted by molar-refractivity contribution is 7.99. The lowest BCUT2D eigenvalue weighted by atomic mass is 10.2. The van der Waals surface area contributed by atoms with Gasteiger partial charge in [0.1, 0.15) is 0 Å². The van der Waals surface area contributed by atoms with Crippen LogP contribution in [-0.4, -0.2) is 27.3 Å². The number of aryl methyl sites for hydroxylation is 1. The topological polar surface area (TPSA) is 90.0 Å². The van der Waals surface area contributed by atoms with Crippen LogP contribution in [-0.2, 0) is 17.8 Å². The monoisotopic (exact) mass is 330 g/mol. The molecule has 0 atom stereocenters. The first-order valence-electron chi connectivity index (χ1n) is 7.51. The first-order valence-corrected chi connectivity index (χ1v) is 8.50. The van der Waals surface area contributed by atoms with E-state index in [9.17, 15) is 9.59 Å².